The average molecular weight is 345 g/mol. The lowest BCUT2D eigenvalue weighted by Crippen LogP contribution is -2.47. The Hall–Kier alpha value is -2.05. The molecule has 1 aliphatic heterocycles. The fraction of sp³-hybridized carbons (Fsp3) is 0.722. The van der Waals surface area contributed by atoms with Crippen molar-refractivity contribution < 1.29 is 9.59 Å². The Morgan fingerprint density at radius 1 is 1.20 bits per heavy atom. The van der Waals surface area contributed by atoms with Gasteiger partial charge in [0.15, 0.2) is 0 Å². The molecule has 2 N–H and O–H groups in total. The molecular weight excluding hydrogens is 318 g/mol. The van der Waals surface area contributed by atoms with Gasteiger partial charge in [0.25, 0.3) is 0 Å². The van der Waals surface area contributed by atoms with Crippen LogP contribution in [0.25, 0.3) is 0 Å². The molecule has 3 amide bonds. The zero-order chi connectivity index (χ0) is 17.4. The average Bonchev–Trinajstić information content (AvgIpc) is 3.09. The predicted molar refractivity (Wildman–Crippen MR) is 94.1 cm³/mol. The number of carbonyl (C=O) groups is 2. The molecule has 7 heteroatoms. The number of rotatable bonds is 4. The summed E-state index contributed by atoms with van der Waals surface area (Å²) in [5.41, 5.74) is 0.789. The van der Waals surface area contributed by atoms with Gasteiger partial charge >= 0.3 is 6.03 Å². The minimum atomic E-state index is -0.438. The molecule has 0 aromatic carbocycles. The van der Waals surface area contributed by atoms with Crippen LogP contribution in [0.4, 0.5) is 10.5 Å². The van der Waals surface area contributed by atoms with Gasteiger partial charge in [-0.3, -0.25) is 9.48 Å². The molecule has 3 aliphatic rings. The van der Waals surface area contributed by atoms with Crippen LogP contribution in [0.5, 0.6) is 0 Å². The van der Waals surface area contributed by atoms with Crippen LogP contribution in [0.1, 0.15) is 44.9 Å². The Labute approximate surface area is 148 Å². The summed E-state index contributed by atoms with van der Waals surface area (Å²) in [7, 11) is 1.82. The molecule has 1 aromatic rings. The van der Waals surface area contributed by atoms with E-state index in [0.29, 0.717) is 24.9 Å². The second-order valence-corrected chi connectivity index (χ2v) is 7.73. The zero-order valence-electron chi connectivity index (χ0n) is 14.8. The van der Waals surface area contributed by atoms with Crippen molar-refractivity contribution >= 4 is 17.6 Å². The van der Waals surface area contributed by atoms with Crippen LogP contribution < -0.4 is 15.5 Å². The summed E-state index contributed by atoms with van der Waals surface area (Å²) in [6.07, 6.45) is 11.9. The van der Waals surface area contributed by atoms with Gasteiger partial charge in [-0.25, -0.2) is 4.79 Å². The highest BCUT2D eigenvalue weighted by Gasteiger charge is 2.44. The van der Waals surface area contributed by atoms with Crippen molar-refractivity contribution in [1.82, 2.24) is 20.4 Å². The number of nitrogens with one attached hydrogen (secondary N) is 2. The fourth-order valence-corrected chi connectivity index (χ4v) is 4.45. The molecule has 0 bridgehead atoms. The Morgan fingerprint density at radius 3 is 2.72 bits per heavy atom. The molecule has 2 saturated carbocycles. The molecule has 3 fully saturated rings. The summed E-state index contributed by atoms with van der Waals surface area (Å²) in [6.45, 7) is 0.615. The van der Waals surface area contributed by atoms with Gasteiger partial charge < -0.3 is 15.5 Å². The molecule has 0 radical (unpaired) electrons. The van der Waals surface area contributed by atoms with Gasteiger partial charge in [0, 0.05) is 25.8 Å². The number of hydrogen-bond acceptors (Lipinski definition) is 3. The third-order valence-corrected chi connectivity index (χ3v) is 5.93. The van der Waals surface area contributed by atoms with E-state index in [9.17, 15) is 9.59 Å². The fourth-order valence-electron chi connectivity index (χ4n) is 4.45. The van der Waals surface area contributed by atoms with E-state index in [2.05, 4.69) is 15.7 Å². The van der Waals surface area contributed by atoms with E-state index >= 15 is 0 Å². The summed E-state index contributed by atoms with van der Waals surface area (Å²) in [5.74, 6) is 1.38. The maximum absolute atomic E-state index is 12.5. The lowest BCUT2D eigenvalue weighted by Gasteiger charge is -2.21. The van der Waals surface area contributed by atoms with Crippen LogP contribution in [-0.2, 0) is 11.8 Å². The van der Waals surface area contributed by atoms with Crippen LogP contribution in [0.2, 0.25) is 0 Å². The van der Waals surface area contributed by atoms with Gasteiger partial charge in [-0.2, -0.15) is 5.10 Å². The van der Waals surface area contributed by atoms with Crippen LogP contribution in [0, 0.1) is 11.8 Å². The van der Waals surface area contributed by atoms with E-state index in [1.165, 1.54) is 32.1 Å². The van der Waals surface area contributed by atoms with E-state index in [1.807, 2.05) is 13.2 Å². The number of amides is 3. The van der Waals surface area contributed by atoms with Crippen molar-refractivity contribution in [2.45, 2.75) is 57.0 Å². The molecule has 2 aliphatic carbocycles. The summed E-state index contributed by atoms with van der Waals surface area (Å²) >= 11 is 0. The second-order valence-electron chi connectivity index (χ2n) is 7.73. The van der Waals surface area contributed by atoms with Crippen LogP contribution >= 0.6 is 0 Å². The minimum absolute atomic E-state index is 0.0530. The van der Waals surface area contributed by atoms with Crippen LogP contribution in [0.15, 0.2) is 12.4 Å². The normalized spacial score (nSPS) is 29.7. The first-order chi connectivity index (χ1) is 12.1. The molecule has 25 heavy (non-hydrogen) atoms. The van der Waals surface area contributed by atoms with Crippen molar-refractivity contribution in [3.63, 3.8) is 0 Å². The van der Waals surface area contributed by atoms with Crippen molar-refractivity contribution in [2.24, 2.45) is 18.9 Å². The summed E-state index contributed by atoms with van der Waals surface area (Å²) in [4.78, 5) is 26.5. The standard InChI is InChI=1S/C18H27N5O2/c1-22-11-13(10-19-22)23-8-7-15(17(23)24)20-18(25)21-16-9-14(16)12-5-3-2-4-6-12/h10-12,14-16H,2-9H2,1H3,(H2,20,21,25)/t14-,15+,16+/m1/s1. The van der Waals surface area contributed by atoms with Crippen molar-refractivity contribution in [1.29, 1.82) is 0 Å². The molecule has 1 aromatic heterocycles. The maximum atomic E-state index is 12.5. The first kappa shape index (κ1) is 16.4. The number of carbonyl (C=O) groups excluding carboxylic acids is 2. The largest absolute Gasteiger partial charge is 0.335 e. The van der Waals surface area contributed by atoms with Gasteiger partial charge in [0.2, 0.25) is 5.91 Å². The monoisotopic (exact) mass is 345 g/mol. The number of aromatic nitrogens is 2. The summed E-state index contributed by atoms with van der Waals surface area (Å²) in [6, 6.07) is -0.337. The van der Waals surface area contributed by atoms with Crippen molar-refractivity contribution in [2.75, 3.05) is 11.4 Å². The summed E-state index contributed by atoms with van der Waals surface area (Å²) < 4.78 is 1.68. The number of aryl methyl sites for hydroxylation is 1. The third kappa shape index (κ3) is 3.50. The van der Waals surface area contributed by atoms with E-state index in [1.54, 1.807) is 15.8 Å². The third-order valence-electron chi connectivity index (χ3n) is 5.93. The topological polar surface area (TPSA) is 79.3 Å². The smallest absolute Gasteiger partial charge is 0.315 e. The minimum Gasteiger partial charge on any atom is -0.335 e. The highest BCUT2D eigenvalue weighted by Crippen LogP contribution is 2.44. The SMILES string of the molecule is Cn1cc(N2CC[C@H](NC(=O)N[C@H]3C[C@@H]3C3CCCCC3)C2=O)cn1. The first-order valence-electron chi connectivity index (χ1n) is 9.49. The Balaban J connectivity index is 1.25. The van der Waals surface area contributed by atoms with Gasteiger partial charge in [-0.1, -0.05) is 32.1 Å². The quantitative estimate of drug-likeness (QED) is 0.873. The predicted octanol–water partition coefficient (Wildman–Crippen LogP) is 1.79. The van der Waals surface area contributed by atoms with E-state index in [0.717, 1.165) is 18.0 Å². The molecule has 0 spiro atoms. The molecular formula is C18H27N5O2. The zero-order valence-corrected chi connectivity index (χ0v) is 14.8. The summed E-state index contributed by atoms with van der Waals surface area (Å²) in [5, 5.41) is 10.0. The number of nitrogens with zero attached hydrogens (tertiary/aromatic N) is 3. The Bertz CT molecular complexity index is 652. The maximum Gasteiger partial charge on any atom is 0.315 e. The highest BCUT2D eigenvalue weighted by molar-refractivity contribution is 6.01. The molecule has 0 unspecified atom stereocenters. The first-order valence-corrected chi connectivity index (χ1v) is 9.49. The molecule has 2 heterocycles. The lowest BCUT2D eigenvalue weighted by molar-refractivity contribution is -0.118. The highest BCUT2D eigenvalue weighted by atomic mass is 16.2. The van der Waals surface area contributed by atoms with Gasteiger partial charge in [-0.15, -0.1) is 0 Å². The van der Waals surface area contributed by atoms with Gasteiger partial charge in [0.1, 0.15) is 6.04 Å². The Kier molecular flexibility index (Phi) is 4.39. The molecule has 3 atom stereocenters. The van der Waals surface area contributed by atoms with Crippen molar-refractivity contribution in [3.8, 4) is 0 Å². The number of urea groups is 1. The van der Waals surface area contributed by atoms with Crippen molar-refractivity contribution in [3.05, 3.63) is 12.4 Å². The Morgan fingerprint density at radius 2 is 2.00 bits per heavy atom. The van der Waals surface area contributed by atoms with E-state index in [-0.39, 0.29) is 11.9 Å². The van der Waals surface area contributed by atoms with Gasteiger partial charge in [-0.05, 0) is 24.7 Å². The van der Waals surface area contributed by atoms with Gasteiger partial charge in [0.05, 0.1) is 11.9 Å². The van der Waals surface area contributed by atoms with Crippen LogP contribution in [0.3, 0.4) is 0 Å². The van der Waals surface area contributed by atoms with E-state index < -0.39 is 6.04 Å². The lowest BCUT2D eigenvalue weighted by atomic mass is 9.85. The molecule has 7 nitrogen and oxygen atoms in total. The molecule has 136 valence electrons. The number of hydrogen-bond donors (Lipinski definition) is 2. The number of anilines is 1. The molecule has 1 saturated heterocycles. The molecule has 4 rings (SSSR count). The second kappa shape index (κ2) is 6.69. The van der Waals surface area contributed by atoms with Crippen LogP contribution in [-0.4, -0.2) is 40.3 Å². The van der Waals surface area contributed by atoms with E-state index in [4.69, 9.17) is 0 Å².